The third kappa shape index (κ3) is 6.04. The standard InChI is InChI=1S/C27H34F2N2O4/c1-26(2,17-32)12-20(33)13-27(15-31(16-27)19-6-4-3-5-7-19)14-24(34)23-11-25(35-30-23)21-9-8-18(28)10-22(21)29/h8-11,19,32H,3-7,12-17H2,1-2H3. The third-order valence-corrected chi connectivity index (χ3v) is 7.37. The lowest BCUT2D eigenvalue weighted by Crippen LogP contribution is -2.61. The number of carbonyl (C=O) groups excluding carboxylic acids is 2. The Morgan fingerprint density at radius 1 is 1.14 bits per heavy atom. The summed E-state index contributed by atoms with van der Waals surface area (Å²) in [6, 6.07) is 4.99. The van der Waals surface area contributed by atoms with Crippen LogP contribution >= 0.6 is 0 Å². The van der Waals surface area contributed by atoms with Gasteiger partial charge in [0.05, 0.1) is 5.56 Å². The molecular weight excluding hydrogens is 454 g/mol. The van der Waals surface area contributed by atoms with Gasteiger partial charge in [-0.25, -0.2) is 8.78 Å². The molecule has 2 fully saturated rings. The fraction of sp³-hybridized carbons (Fsp3) is 0.593. The van der Waals surface area contributed by atoms with Crippen molar-refractivity contribution in [3.05, 3.63) is 41.6 Å². The van der Waals surface area contributed by atoms with E-state index in [4.69, 9.17) is 4.52 Å². The topological polar surface area (TPSA) is 83.6 Å². The first-order chi connectivity index (χ1) is 16.6. The summed E-state index contributed by atoms with van der Waals surface area (Å²) in [6.45, 7) is 4.96. The molecule has 0 atom stereocenters. The Hall–Kier alpha value is -2.45. The smallest absolute Gasteiger partial charge is 0.185 e. The van der Waals surface area contributed by atoms with Crippen LogP contribution in [-0.2, 0) is 4.79 Å². The van der Waals surface area contributed by atoms with Crippen molar-refractivity contribution in [1.82, 2.24) is 10.1 Å². The summed E-state index contributed by atoms with van der Waals surface area (Å²) in [5.41, 5.74) is -0.893. The molecule has 1 aliphatic carbocycles. The number of nitrogens with zero attached hydrogens (tertiary/aromatic N) is 2. The second-order valence-corrected chi connectivity index (χ2v) is 11.2. The summed E-state index contributed by atoms with van der Waals surface area (Å²) in [7, 11) is 0. The number of Topliss-reactive ketones (excluding diaryl/α,β-unsaturated/α-hetero) is 2. The first kappa shape index (κ1) is 25.6. The van der Waals surface area contributed by atoms with Crippen molar-refractivity contribution in [3.63, 3.8) is 0 Å². The predicted molar refractivity (Wildman–Crippen MR) is 127 cm³/mol. The highest BCUT2D eigenvalue weighted by atomic mass is 19.1. The Kier molecular flexibility index (Phi) is 7.52. The van der Waals surface area contributed by atoms with E-state index in [1.807, 2.05) is 13.8 Å². The molecule has 2 aromatic rings. The highest BCUT2D eigenvalue weighted by molar-refractivity contribution is 5.96. The van der Waals surface area contributed by atoms with Gasteiger partial charge in [-0.1, -0.05) is 38.3 Å². The summed E-state index contributed by atoms with van der Waals surface area (Å²) in [4.78, 5) is 28.5. The van der Waals surface area contributed by atoms with Gasteiger partial charge in [-0.05, 0) is 30.4 Å². The minimum Gasteiger partial charge on any atom is -0.396 e. The van der Waals surface area contributed by atoms with Gasteiger partial charge in [0.2, 0.25) is 0 Å². The first-order valence-corrected chi connectivity index (χ1v) is 12.4. The average Bonchev–Trinajstić information content (AvgIpc) is 3.27. The zero-order chi connectivity index (χ0) is 25.2. The highest BCUT2D eigenvalue weighted by Crippen LogP contribution is 2.43. The molecule has 0 unspecified atom stereocenters. The van der Waals surface area contributed by atoms with Crippen LogP contribution in [0.5, 0.6) is 0 Å². The van der Waals surface area contributed by atoms with Crippen LogP contribution < -0.4 is 0 Å². The molecule has 35 heavy (non-hydrogen) atoms. The van der Waals surface area contributed by atoms with E-state index in [0.29, 0.717) is 19.1 Å². The minimum atomic E-state index is -0.796. The number of rotatable bonds is 10. The molecule has 1 aliphatic heterocycles. The van der Waals surface area contributed by atoms with Crippen molar-refractivity contribution in [3.8, 4) is 11.3 Å². The van der Waals surface area contributed by atoms with Crippen molar-refractivity contribution < 1.29 is 28.0 Å². The molecule has 4 rings (SSSR count). The number of aliphatic hydroxyl groups is 1. The fourth-order valence-corrected chi connectivity index (χ4v) is 5.53. The number of likely N-dealkylation sites (tertiary alicyclic amines) is 1. The van der Waals surface area contributed by atoms with Gasteiger partial charge in [-0.15, -0.1) is 0 Å². The van der Waals surface area contributed by atoms with E-state index in [9.17, 15) is 23.5 Å². The van der Waals surface area contributed by atoms with E-state index in [2.05, 4.69) is 10.1 Å². The van der Waals surface area contributed by atoms with Gasteiger partial charge >= 0.3 is 0 Å². The number of hydrogen-bond acceptors (Lipinski definition) is 6. The molecule has 0 spiro atoms. The maximum atomic E-state index is 14.1. The molecule has 2 heterocycles. The Labute approximate surface area is 204 Å². The Morgan fingerprint density at radius 2 is 1.86 bits per heavy atom. The molecule has 2 aliphatic rings. The van der Waals surface area contributed by atoms with Crippen molar-refractivity contribution in [2.24, 2.45) is 10.8 Å². The van der Waals surface area contributed by atoms with Crippen molar-refractivity contribution in [2.75, 3.05) is 19.7 Å². The van der Waals surface area contributed by atoms with Crippen LogP contribution in [0.15, 0.2) is 28.8 Å². The van der Waals surface area contributed by atoms with Gasteiger partial charge in [-0.3, -0.25) is 14.5 Å². The number of aliphatic hydroxyl groups excluding tert-OH is 1. The molecule has 0 bridgehead atoms. The molecule has 0 radical (unpaired) electrons. The lowest BCUT2D eigenvalue weighted by atomic mass is 9.69. The van der Waals surface area contributed by atoms with Crippen molar-refractivity contribution >= 4 is 11.6 Å². The zero-order valence-electron chi connectivity index (χ0n) is 20.5. The van der Waals surface area contributed by atoms with Crippen molar-refractivity contribution in [2.45, 2.75) is 71.3 Å². The van der Waals surface area contributed by atoms with Gasteiger partial charge in [0.25, 0.3) is 0 Å². The maximum absolute atomic E-state index is 14.1. The molecule has 1 N–H and O–H groups in total. The first-order valence-electron chi connectivity index (χ1n) is 12.4. The molecule has 1 saturated heterocycles. The summed E-state index contributed by atoms with van der Waals surface area (Å²) in [6.07, 6.45) is 6.61. The van der Waals surface area contributed by atoms with Crippen LogP contribution in [0.1, 0.15) is 75.7 Å². The van der Waals surface area contributed by atoms with Gasteiger partial charge in [0.1, 0.15) is 23.1 Å². The van der Waals surface area contributed by atoms with Crippen LogP contribution in [0.4, 0.5) is 8.78 Å². The Balaban J connectivity index is 1.48. The summed E-state index contributed by atoms with van der Waals surface area (Å²) < 4.78 is 32.6. The lowest BCUT2D eigenvalue weighted by molar-refractivity contribution is -0.129. The Bertz CT molecular complexity index is 1070. The molecular formula is C27H34F2N2O4. The summed E-state index contributed by atoms with van der Waals surface area (Å²) >= 11 is 0. The monoisotopic (exact) mass is 488 g/mol. The predicted octanol–water partition coefficient (Wildman–Crippen LogP) is 5.20. The average molecular weight is 489 g/mol. The van der Waals surface area contributed by atoms with Crippen LogP contribution in [-0.4, -0.2) is 52.5 Å². The van der Waals surface area contributed by atoms with Gasteiger partial charge < -0.3 is 9.63 Å². The maximum Gasteiger partial charge on any atom is 0.185 e. The molecule has 8 heteroatoms. The Morgan fingerprint density at radius 3 is 2.51 bits per heavy atom. The van der Waals surface area contributed by atoms with Crippen LogP contribution in [0.25, 0.3) is 11.3 Å². The summed E-state index contributed by atoms with van der Waals surface area (Å²) in [5, 5.41) is 13.4. The second kappa shape index (κ2) is 10.3. The SMILES string of the molecule is CC(C)(CO)CC(=O)CC1(CC(=O)c2cc(-c3ccc(F)cc3F)on2)CN(C2CCCCC2)C1. The molecule has 190 valence electrons. The van der Waals surface area contributed by atoms with Crippen LogP contribution in [0.3, 0.4) is 0 Å². The molecule has 1 saturated carbocycles. The van der Waals surface area contributed by atoms with E-state index in [1.165, 1.54) is 31.4 Å². The number of carbonyl (C=O) groups is 2. The number of aromatic nitrogens is 1. The van der Waals surface area contributed by atoms with E-state index in [1.54, 1.807) is 0 Å². The zero-order valence-corrected chi connectivity index (χ0v) is 20.5. The van der Waals surface area contributed by atoms with Gasteiger partial charge in [-0.2, -0.15) is 0 Å². The third-order valence-electron chi connectivity index (χ3n) is 7.37. The quantitative estimate of drug-likeness (QED) is 0.463. The van der Waals surface area contributed by atoms with E-state index in [-0.39, 0.29) is 54.5 Å². The summed E-state index contributed by atoms with van der Waals surface area (Å²) in [5.74, 6) is -1.67. The van der Waals surface area contributed by atoms with Gasteiger partial charge in [0.15, 0.2) is 11.5 Å². The van der Waals surface area contributed by atoms with E-state index < -0.39 is 22.5 Å². The van der Waals surface area contributed by atoms with E-state index in [0.717, 1.165) is 25.0 Å². The second-order valence-electron chi connectivity index (χ2n) is 11.2. The highest BCUT2D eigenvalue weighted by Gasteiger charge is 2.48. The van der Waals surface area contributed by atoms with Gasteiger partial charge in [0, 0.05) is 62.5 Å². The molecule has 1 aromatic heterocycles. The van der Waals surface area contributed by atoms with E-state index >= 15 is 0 Å². The largest absolute Gasteiger partial charge is 0.396 e. The number of ketones is 2. The van der Waals surface area contributed by atoms with Crippen LogP contribution in [0, 0.1) is 22.5 Å². The molecule has 1 aromatic carbocycles. The number of halogens is 2. The molecule has 6 nitrogen and oxygen atoms in total. The van der Waals surface area contributed by atoms with Crippen molar-refractivity contribution in [1.29, 1.82) is 0 Å². The fourth-order valence-electron chi connectivity index (χ4n) is 5.53. The van der Waals surface area contributed by atoms with Crippen LogP contribution in [0.2, 0.25) is 0 Å². The molecule has 0 amide bonds. The normalized spacial score (nSPS) is 18.9. The lowest BCUT2D eigenvalue weighted by Gasteiger charge is -2.54. The number of hydrogen-bond donors (Lipinski definition) is 1. The number of benzene rings is 1. The minimum absolute atomic E-state index is 0.0289.